The topological polar surface area (TPSA) is 131 Å². The van der Waals surface area contributed by atoms with Gasteiger partial charge >= 0.3 is 5.69 Å². The van der Waals surface area contributed by atoms with Crippen molar-refractivity contribution in [2.45, 2.75) is 48.8 Å². The fourth-order valence-electron chi connectivity index (χ4n) is 3.94. The summed E-state index contributed by atoms with van der Waals surface area (Å²) in [6, 6.07) is 1.35. The summed E-state index contributed by atoms with van der Waals surface area (Å²) in [6.45, 7) is 1.89. The Kier molecular flexibility index (Phi) is 5.62. The van der Waals surface area contributed by atoms with Crippen LogP contribution in [-0.4, -0.2) is 56.2 Å². The Labute approximate surface area is 205 Å². The van der Waals surface area contributed by atoms with E-state index >= 15 is 0 Å². The first-order chi connectivity index (χ1) is 16.5. The van der Waals surface area contributed by atoms with E-state index in [2.05, 4.69) is 9.82 Å². The van der Waals surface area contributed by atoms with Crippen LogP contribution in [0.25, 0.3) is 10.2 Å². The normalized spacial score (nSPS) is 19.4. The fraction of sp³-hybridized carbons (Fsp3) is 0.409. The molecule has 0 saturated heterocycles. The molecular formula is C22H26N6O5S2. The van der Waals surface area contributed by atoms with E-state index < -0.39 is 33.0 Å². The third-order valence-corrected chi connectivity index (χ3v) is 9.53. The van der Waals surface area contributed by atoms with Crippen LogP contribution in [0.3, 0.4) is 0 Å². The van der Waals surface area contributed by atoms with Crippen molar-refractivity contribution in [1.82, 2.24) is 28.5 Å². The third-order valence-electron chi connectivity index (χ3n) is 6.26. The molecule has 0 amide bonds. The van der Waals surface area contributed by atoms with Gasteiger partial charge in [-0.1, -0.05) is 0 Å². The van der Waals surface area contributed by atoms with Gasteiger partial charge in [0.2, 0.25) is 0 Å². The van der Waals surface area contributed by atoms with Gasteiger partial charge in [-0.2, -0.15) is 5.10 Å². The molecule has 0 spiro atoms. The Bertz CT molecular complexity index is 1600. The van der Waals surface area contributed by atoms with Crippen molar-refractivity contribution in [2.24, 2.45) is 7.05 Å². The van der Waals surface area contributed by atoms with E-state index in [1.807, 2.05) is 6.92 Å². The summed E-state index contributed by atoms with van der Waals surface area (Å²) >= 11 is 0.895. The predicted octanol–water partition coefficient (Wildman–Crippen LogP) is 0.541. The Balaban J connectivity index is 1.66. The number of sulfonamides is 1. The Morgan fingerprint density at radius 2 is 1.97 bits per heavy atom. The van der Waals surface area contributed by atoms with Gasteiger partial charge in [0.25, 0.3) is 15.6 Å². The van der Waals surface area contributed by atoms with E-state index in [1.165, 1.54) is 10.6 Å². The minimum absolute atomic E-state index is 0.00402. The average Bonchev–Trinajstić information content (AvgIpc) is 3.16. The van der Waals surface area contributed by atoms with Gasteiger partial charge in [0.1, 0.15) is 15.3 Å². The number of aromatic nitrogens is 4. The Morgan fingerprint density at radius 3 is 2.60 bits per heavy atom. The van der Waals surface area contributed by atoms with Crippen LogP contribution in [-0.2, 0) is 30.2 Å². The maximum atomic E-state index is 13.5. The number of aliphatic hydroxyl groups excluding tert-OH is 1. The van der Waals surface area contributed by atoms with Crippen molar-refractivity contribution < 1.29 is 13.5 Å². The number of thiophene rings is 1. The van der Waals surface area contributed by atoms with Gasteiger partial charge in [-0.05, 0) is 43.6 Å². The van der Waals surface area contributed by atoms with Gasteiger partial charge in [0.05, 0.1) is 24.7 Å². The second-order valence-electron chi connectivity index (χ2n) is 9.37. The van der Waals surface area contributed by atoms with Gasteiger partial charge < -0.3 is 10.0 Å². The van der Waals surface area contributed by atoms with Crippen molar-refractivity contribution in [3.8, 4) is 0 Å². The maximum absolute atomic E-state index is 13.5. The molecule has 1 fully saturated rings. The fourth-order valence-corrected chi connectivity index (χ4v) is 6.85. The van der Waals surface area contributed by atoms with Crippen LogP contribution in [0.1, 0.15) is 25.3 Å². The molecule has 0 radical (unpaired) electrons. The quantitative estimate of drug-likeness (QED) is 0.467. The van der Waals surface area contributed by atoms with E-state index in [9.17, 15) is 23.1 Å². The first kappa shape index (κ1) is 23.7. The molecule has 5 rings (SSSR count). The SMILES string of the molecule is CN1C=CC(Cn2c(=O)n(Cc3cnn(C)c3)c(=O)c3cc(S(=O)(=O)NC4(C)CC4)sc32)=CC1O. The highest BCUT2D eigenvalue weighted by Crippen LogP contribution is 2.37. The molecular weight excluding hydrogens is 492 g/mol. The lowest BCUT2D eigenvalue weighted by molar-refractivity contribution is 0.0959. The van der Waals surface area contributed by atoms with Crippen LogP contribution in [0.15, 0.2) is 56.2 Å². The summed E-state index contributed by atoms with van der Waals surface area (Å²) in [4.78, 5) is 28.8. The molecule has 1 aliphatic heterocycles. The first-order valence-corrected chi connectivity index (χ1v) is 13.3. The summed E-state index contributed by atoms with van der Waals surface area (Å²) < 4.78 is 32.8. The molecule has 1 aliphatic carbocycles. The number of hydrogen-bond acceptors (Lipinski definition) is 8. The van der Waals surface area contributed by atoms with Gasteiger partial charge in [0.15, 0.2) is 0 Å². The molecule has 2 N–H and O–H groups in total. The largest absolute Gasteiger partial charge is 0.370 e. The number of hydrogen-bond donors (Lipinski definition) is 2. The predicted molar refractivity (Wildman–Crippen MR) is 132 cm³/mol. The molecule has 0 aromatic carbocycles. The molecule has 2 aliphatic rings. The molecule has 1 unspecified atom stereocenters. The Morgan fingerprint density at radius 1 is 1.23 bits per heavy atom. The lowest BCUT2D eigenvalue weighted by Gasteiger charge is -2.24. The number of fused-ring (bicyclic) bond motifs is 1. The summed E-state index contributed by atoms with van der Waals surface area (Å²) in [7, 11) is -0.408. The number of nitrogens with zero attached hydrogens (tertiary/aromatic N) is 5. The van der Waals surface area contributed by atoms with Crippen LogP contribution in [0.5, 0.6) is 0 Å². The van der Waals surface area contributed by atoms with E-state index in [0.29, 0.717) is 11.1 Å². The number of nitrogens with one attached hydrogen (secondary N) is 1. The summed E-state index contributed by atoms with van der Waals surface area (Å²) in [5, 5.41) is 14.4. The van der Waals surface area contributed by atoms with Crippen molar-refractivity contribution >= 4 is 31.6 Å². The second-order valence-corrected chi connectivity index (χ2v) is 12.3. The zero-order chi connectivity index (χ0) is 25.1. The lowest BCUT2D eigenvalue weighted by atomic mass is 10.1. The second kappa shape index (κ2) is 8.29. The van der Waals surface area contributed by atoms with E-state index in [-0.39, 0.29) is 27.5 Å². The van der Waals surface area contributed by atoms with Gasteiger partial charge in [-0.3, -0.25) is 18.6 Å². The number of likely N-dealkylation sites (N-methyl/N-ethyl adjacent to an activating group) is 1. The molecule has 3 aromatic heterocycles. The Hall–Kier alpha value is -3.00. The summed E-state index contributed by atoms with van der Waals surface area (Å²) in [5.41, 5.74) is -0.283. The molecule has 3 aromatic rings. The minimum atomic E-state index is -3.86. The van der Waals surface area contributed by atoms with Gasteiger partial charge in [0, 0.05) is 37.6 Å². The zero-order valence-corrected chi connectivity index (χ0v) is 21.1. The van der Waals surface area contributed by atoms with Crippen LogP contribution in [0.2, 0.25) is 0 Å². The lowest BCUT2D eigenvalue weighted by Crippen LogP contribution is -2.40. The average molecular weight is 519 g/mol. The standard InChI is InChI=1S/C22H26N6O5S2/c1-22(5-6-22)24-35(32,33)18-9-16-19(30)27(13-15-10-23-26(3)11-15)21(31)28(20(16)34-18)12-14-4-7-25(2)17(29)8-14/h4,7-11,17,24,29H,5-6,12-13H2,1-3H3. The van der Waals surface area contributed by atoms with Crippen LogP contribution < -0.4 is 16.0 Å². The molecule has 186 valence electrons. The number of aliphatic hydroxyl groups is 1. The van der Waals surface area contributed by atoms with Crippen LogP contribution in [0, 0.1) is 0 Å². The molecule has 0 bridgehead atoms. The maximum Gasteiger partial charge on any atom is 0.332 e. The van der Waals surface area contributed by atoms with E-state index in [0.717, 1.165) is 28.7 Å². The highest BCUT2D eigenvalue weighted by atomic mass is 32.2. The zero-order valence-electron chi connectivity index (χ0n) is 19.5. The highest BCUT2D eigenvalue weighted by Gasteiger charge is 2.41. The van der Waals surface area contributed by atoms with Crippen LogP contribution >= 0.6 is 11.3 Å². The smallest absolute Gasteiger partial charge is 0.332 e. The molecule has 35 heavy (non-hydrogen) atoms. The number of allylic oxidation sites excluding steroid dienone is 2. The first-order valence-electron chi connectivity index (χ1n) is 11.0. The van der Waals surface area contributed by atoms with Crippen molar-refractivity contribution in [2.75, 3.05) is 7.05 Å². The molecule has 11 nitrogen and oxygen atoms in total. The van der Waals surface area contributed by atoms with Crippen molar-refractivity contribution in [3.63, 3.8) is 0 Å². The minimum Gasteiger partial charge on any atom is -0.370 e. The van der Waals surface area contributed by atoms with E-state index in [4.69, 9.17) is 0 Å². The highest BCUT2D eigenvalue weighted by molar-refractivity contribution is 7.91. The van der Waals surface area contributed by atoms with E-state index in [1.54, 1.807) is 54.4 Å². The summed E-state index contributed by atoms with van der Waals surface area (Å²) in [6.07, 6.45) is 8.99. The molecule has 1 saturated carbocycles. The summed E-state index contributed by atoms with van der Waals surface area (Å²) in [5.74, 6) is 0. The van der Waals surface area contributed by atoms with Crippen molar-refractivity contribution in [3.05, 3.63) is 68.8 Å². The molecule has 4 heterocycles. The number of rotatable bonds is 7. The van der Waals surface area contributed by atoms with Gasteiger partial charge in [-0.25, -0.2) is 17.9 Å². The molecule has 1 atom stereocenters. The van der Waals surface area contributed by atoms with Gasteiger partial charge in [-0.15, -0.1) is 11.3 Å². The molecule has 13 heteroatoms. The number of aryl methyl sites for hydroxylation is 1. The third kappa shape index (κ3) is 4.51. The van der Waals surface area contributed by atoms with Crippen molar-refractivity contribution in [1.29, 1.82) is 0 Å². The monoisotopic (exact) mass is 518 g/mol. The van der Waals surface area contributed by atoms with Crippen LogP contribution in [0.4, 0.5) is 0 Å².